The lowest BCUT2D eigenvalue weighted by atomic mass is 10.3. The molecular weight excluding hydrogens is 359 g/mol. The van der Waals surface area contributed by atoms with Crippen molar-refractivity contribution in [3.63, 3.8) is 0 Å². The molecule has 0 aromatic carbocycles. The summed E-state index contributed by atoms with van der Waals surface area (Å²) in [6.45, 7) is 2.10. The molecule has 24 heavy (non-hydrogen) atoms. The van der Waals surface area contributed by atoms with Crippen LogP contribution in [0.5, 0.6) is 0 Å². The predicted octanol–water partition coefficient (Wildman–Crippen LogP) is 4.08. The van der Waals surface area contributed by atoms with Crippen LogP contribution in [-0.4, -0.2) is 25.1 Å². The molecule has 3 heterocycles. The van der Waals surface area contributed by atoms with Crippen molar-refractivity contribution in [2.75, 3.05) is 0 Å². The van der Waals surface area contributed by atoms with E-state index >= 15 is 0 Å². The third-order valence-corrected chi connectivity index (χ3v) is 5.82. The van der Waals surface area contributed by atoms with E-state index in [2.05, 4.69) is 26.8 Å². The minimum absolute atomic E-state index is 0.0989. The number of alkyl halides is 2. The van der Waals surface area contributed by atoms with Gasteiger partial charge in [0.1, 0.15) is 12.0 Å². The fraction of sp³-hybridized carbons (Fsp3) is 0.357. The van der Waals surface area contributed by atoms with Crippen LogP contribution in [-0.2, 0) is 0 Å². The van der Waals surface area contributed by atoms with E-state index in [0.29, 0.717) is 16.1 Å². The molecule has 3 aromatic rings. The van der Waals surface area contributed by atoms with Crippen LogP contribution in [0.3, 0.4) is 0 Å². The largest absolute Gasteiger partial charge is 0.291 e. The number of rotatable bonds is 5. The van der Waals surface area contributed by atoms with Gasteiger partial charge in [0.05, 0.1) is 5.52 Å². The fourth-order valence-electron chi connectivity index (χ4n) is 2.14. The molecule has 0 radical (unpaired) electrons. The van der Waals surface area contributed by atoms with Gasteiger partial charge in [0.15, 0.2) is 10.0 Å². The molecule has 5 nitrogen and oxygen atoms in total. The molecule has 0 amide bonds. The molecule has 0 unspecified atom stereocenters. The molecule has 4 rings (SSSR count). The molecule has 0 saturated heterocycles. The summed E-state index contributed by atoms with van der Waals surface area (Å²) in [5, 5.41) is 7.08. The number of fused-ring (bicyclic) bond motifs is 1. The van der Waals surface area contributed by atoms with Gasteiger partial charge in [-0.25, -0.2) is 13.8 Å². The van der Waals surface area contributed by atoms with Crippen molar-refractivity contribution in [2.24, 2.45) is 0 Å². The predicted molar refractivity (Wildman–Crippen MR) is 85.6 cm³/mol. The Balaban J connectivity index is 1.71. The first-order chi connectivity index (χ1) is 11.5. The number of nitrogens with one attached hydrogen (secondary N) is 1. The van der Waals surface area contributed by atoms with Crippen molar-refractivity contribution in [1.29, 1.82) is 0 Å². The van der Waals surface area contributed by atoms with Crippen LogP contribution in [0.2, 0.25) is 0 Å². The second-order valence-corrected chi connectivity index (χ2v) is 7.76. The maximum atomic E-state index is 14.3. The molecule has 0 aliphatic heterocycles. The minimum Gasteiger partial charge on any atom is -0.275 e. The second-order valence-electron chi connectivity index (χ2n) is 5.87. The highest BCUT2D eigenvalue weighted by Gasteiger charge is 2.37. The molecule has 1 aliphatic rings. The van der Waals surface area contributed by atoms with Crippen molar-refractivity contribution < 1.29 is 13.2 Å². The number of hydrogen-bond donors (Lipinski definition) is 1. The summed E-state index contributed by atoms with van der Waals surface area (Å²) >= 11 is 2.11. The fourth-order valence-corrected chi connectivity index (χ4v) is 3.74. The number of aromatic nitrogens is 4. The normalized spacial score (nSPS) is 16.2. The van der Waals surface area contributed by atoms with Crippen LogP contribution < -0.4 is 4.72 Å². The Morgan fingerprint density at radius 3 is 2.79 bits per heavy atom. The van der Waals surface area contributed by atoms with Crippen molar-refractivity contribution in [2.45, 2.75) is 36.6 Å². The van der Waals surface area contributed by atoms with Gasteiger partial charge in [0, 0.05) is 16.5 Å². The summed E-state index contributed by atoms with van der Waals surface area (Å²) in [6, 6.07) is 3.17. The quantitative estimate of drug-likeness (QED) is 0.541. The molecule has 1 saturated carbocycles. The average Bonchev–Trinajstić information content (AvgIpc) is 2.96. The first-order valence-electron chi connectivity index (χ1n) is 7.18. The molecule has 1 fully saturated rings. The molecule has 1 aliphatic carbocycles. The highest BCUT2D eigenvalue weighted by atomic mass is 32.2. The van der Waals surface area contributed by atoms with E-state index in [-0.39, 0.29) is 15.6 Å². The Morgan fingerprint density at radius 2 is 2.12 bits per heavy atom. The number of nitrogens with zero attached hydrogens (tertiary/aromatic N) is 4. The number of pyridine rings is 1. The monoisotopic (exact) mass is 371 g/mol. The first-order valence-corrected chi connectivity index (χ1v) is 8.81. The zero-order valence-electron chi connectivity index (χ0n) is 12.5. The number of imidazole rings is 1. The van der Waals surface area contributed by atoms with Crippen LogP contribution in [0.15, 0.2) is 23.4 Å². The van der Waals surface area contributed by atoms with E-state index < -0.39 is 12.4 Å². The first kappa shape index (κ1) is 15.9. The SMILES string of the molecule is CC1(NSc2cc(F)n3cnc(-c4nnc(C(F)F)s4)c3c2)CC1. The third-order valence-electron chi connectivity index (χ3n) is 3.82. The molecule has 1 N–H and O–H groups in total. The van der Waals surface area contributed by atoms with Gasteiger partial charge in [-0.1, -0.05) is 11.3 Å². The van der Waals surface area contributed by atoms with Crippen LogP contribution in [0, 0.1) is 5.95 Å². The highest BCUT2D eigenvalue weighted by Crippen LogP contribution is 2.38. The summed E-state index contributed by atoms with van der Waals surface area (Å²) in [5.74, 6) is -0.477. The van der Waals surface area contributed by atoms with E-state index in [4.69, 9.17) is 0 Å². The molecule has 126 valence electrons. The molecule has 0 bridgehead atoms. The van der Waals surface area contributed by atoms with Gasteiger partial charge in [-0.2, -0.15) is 4.39 Å². The average molecular weight is 371 g/mol. The van der Waals surface area contributed by atoms with E-state index in [1.54, 1.807) is 6.07 Å². The lowest BCUT2D eigenvalue weighted by Crippen LogP contribution is -2.19. The zero-order chi connectivity index (χ0) is 16.9. The van der Waals surface area contributed by atoms with E-state index in [1.165, 1.54) is 28.7 Å². The number of halogens is 3. The standard InChI is InChI=1S/C14H12F3N5S2/c1-14(2-3-14)21-24-7-4-8-10(18-6-22(8)9(15)5-7)12-19-20-13(23-12)11(16)17/h4-6,11,21H,2-3H2,1H3. The van der Waals surface area contributed by atoms with Crippen LogP contribution >= 0.6 is 23.3 Å². The molecule has 0 spiro atoms. The lowest BCUT2D eigenvalue weighted by Gasteiger charge is -2.10. The Kier molecular flexibility index (Phi) is 3.77. The summed E-state index contributed by atoms with van der Waals surface area (Å²) < 4.78 is 44.2. The summed E-state index contributed by atoms with van der Waals surface area (Å²) in [4.78, 5) is 4.81. The third kappa shape index (κ3) is 2.89. The Hall–Kier alpha value is -1.65. The van der Waals surface area contributed by atoms with Gasteiger partial charge in [-0.05, 0) is 37.8 Å². The van der Waals surface area contributed by atoms with Crippen molar-refractivity contribution in [1.82, 2.24) is 24.3 Å². The van der Waals surface area contributed by atoms with Gasteiger partial charge in [-0.15, -0.1) is 10.2 Å². The van der Waals surface area contributed by atoms with E-state index in [0.717, 1.165) is 24.2 Å². The van der Waals surface area contributed by atoms with E-state index in [9.17, 15) is 13.2 Å². The van der Waals surface area contributed by atoms with Gasteiger partial charge >= 0.3 is 0 Å². The summed E-state index contributed by atoms with van der Waals surface area (Å²) in [5.41, 5.74) is 0.914. The zero-order valence-corrected chi connectivity index (χ0v) is 14.1. The highest BCUT2D eigenvalue weighted by molar-refractivity contribution is 7.97. The van der Waals surface area contributed by atoms with Crippen LogP contribution in [0.25, 0.3) is 16.2 Å². The molecule has 0 atom stereocenters. The van der Waals surface area contributed by atoms with Gasteiger partial charge in [0.2, 0.25) is 5.95 Å². The van der Waals surface area contributed by atoms with Crippen LogP contribution in [0.1, 0.15) is 31.2 Å². The van der Waals surface area contributed by atoms with Gasteiger partial charge in [0.25, 0.3) is 6.43 Å². The molecule has 10 heteroatoms. The second kappa shape index (κ2) is 5.71. The topological polar surface area (TPSA) is 55.1 Å². The smallest absolute Gasteiger partial charge is 0.275 e. The molecule has 3 aromatic heterocycles. The maximum Gasteiger partial charge on any atom is 0.291 e. The lowest BCUT2D eigenvalue weighted by molar-refractivity contribution is 0.150. The summed E-state index contributed by atoms with van der Waals surface area (Å²) in [6.07, 6.45) is 0.803. The minimum atomic E-state index is -2.68. The number of hydrogen-bond acceptors (Lipinski definition) is 6. The van der Waals surface area contributed by atoms with Crippen LogP contribution in [0.4, 0.5) is 13.2 Å². The Morgan fingerprint density at radius 1 is 1.33 bits per heavy atom. The van der Waals surface area contributed by atoms with E-state index in [1.807, 2.05) is 0 Å². The summed E-state index contributed by atoms with van der Waals surface area (Å²) in [7, 11) is 0. The van der Waals surface area contributed by atoms with Gasteiger partial charge < -0.3 is 0 Å². The van der Waals surface area contributed by atoms with Crippen molar-refractivity contribution in [3.8, 4) is 10.7 Å². The van der Waals surface area contributed by atoms with Crippen molar-refractivity contribution >= 4 is 28.8 Å². The maximum absolute atomic E-state index is 14.3. The van der Waals surface area contributed by atoms with Gasteiger partial charge in [-0.3, -0.25) is 9.12 Å². The molecular formula is C14H12F3N5S2. The van der Waals surface area contributed by atoms with Crippen molar-refractivity contribution in [3.05, 3.63) is 29.4 Å². The Bertz CT molecular complexity index is 903. The Labute approximate surface area is 143 Å².